The fourth-order valence-corrected chi connectivity index (χ4v) is 4.48. The van der Waals surface area contributed by atoms with Crippen LogP contribution < -0.4 is 5.32 Å². The number of imide groups is 1. The molecule has 6 rings (SSSR count). The molecule has 0 spiro atoms. The molecule has 3 heterocycles. The molecule has 2 aliphatic rings. The maximum atomic E-state index is 12.9. The van der Waals surface area contributed by atoms with Gasteiger partial charge in [0.1, 0.15) is 5.52 Å². The second-order valence-electron chi connectivity index (χ2n) is 8.63. The van der Waals surface area contributed by atoms with Crippen molar-refractivity contribution in [1.82, 2.24) is 9.88 Å². The van der Waals surface area contributed by atoms with E-state index in [1.54, 1.807) is 18.2 Å². The van der Waals surface area contributed by atoms with Crippen LogP contribution in [0.3, 0.4) is 0 Å². The SMILES string of the molecule is O=C(Nc1ccc(-c2nc3ccccc3o2)cc1)c1ccc2c(c1)C(=O)N(CC1CCCO1)C2=O. The second kappa shape index (κ2) is 8.48. The molecule has 3 amide bonds. The molecule has 4 aromatic rings. The first-order valence-corrected chi connectivity index (χ1v) is 11.5. The van der Waals surface area contributed by atoms with Crippen LogP contribution >= 0.6 is 0 Å². The highest BCUT2D eigenvalue weighted by molar-refractivity contribution is 6.22. The summed E-state index contributed by atoms with van der Waals surface area (Å²) in [6.45, 7) is 0.883. The predicted octanol–water partition coefficient (Wildman–Crippen LogP) is 4.52. The number of ether oxygens (including phenoxy) is 1. The number of hydrogen-bond acceptors (Lipinski definition) is 6. The summed E-state index contributed by atoms with van der Waals surface area (Å²) in [5, 5.41) is 2.83. The Labute approximate surface area is 200 Å². The molecule has 35 heavy (non-hydrogen) atoms. The molecule has 0 aliphatic carbocycles. The van der Waals surface area contributed by atoms with Crippen molar-refractivity contribution in [3.05, 3.63) is 83.4 Å². The minimum absolute atomic E-state index is 0.127. The standard InChI is InChI=1S/C27H21N3O5/c31-24(28-18-10-7-16(8-11-18)25-29-22-5-1-2-6-23(22)35-25)17-9-12-20-21(14-17)27(33)30(26(20)32)15-19-4-3-13-34-19/h1-2,5-12,14,19H,3-4,13,15H2,(H,28,31). The smallest absolute Gasteiger partial charge is 0.261 e. The van der Waals surface area contributed by atoms with Crippen molar-refractivity contribution in [1.29, 1.82) is 0 Å². The first-order valence-electron chi connectivity index (χ1n) is 11.5. The third-order valence-corrected chi connectivity index (χ3v) is 6.33. The summed E-state index contributed by atoms with van der Waals surface area (Å²) in [4.78, 5) is 44.1. The minimum atomic E-state index is -0.391. The molecule has 1 atom stereocenters. The topological polar surface area (TPSA) is 102 Å². The van der Waals surface area contributed by atoms with Gasteiger partial charge in [-0.15, -0.1) is 0 Å². The molecular weight excluding hydrogens is 446 g/mol. The van der Waals surface area contributed by atoms with E-state index >= 15 is 0 Å². The van der Waals surface area contributed by atoms with Gasteiger partial charge in [-0.2, -0.15) is 0 Å². The van der Waals surface area contributed by atoms with Crippen LogP contribution in [0.4, 0.5) is 5.69 Å². The van der Waals surface area contributed by atoms with Crippen LogP contribution in [0.5, 0.6) is 0 Å². The number of carbonyl (C=O) groups is 3. The van der Waals surface area contributed by atoms with Gasteiger partial charge >= 0.3 is 0 Å². The number of anilines is 1. The highest BCUT2D eigenvalue weighted by Crippen LogP contribution is 2.28. The average molecular weight is 467 g/mol. The van der Waals surface area contributed by atoms with E-state index in [9.17, 15) is 14.4 Å². The molecule has 1 saturated heterocycles. The van der Waals surface area contributed by atoms with Crippen molar-refractivity contribution in [2.75, 3.05) is 18.5 Å². The Morgan fingerprint density at radius 2 is 1.80 bits per heavy atom. The van der Waals surface area contributed by atoms with Crippen LogP contribution in [-0.4, -0.2) is 46.9 Å². The van der Waals surface area contributed by atoms with Crippen LogP contribution in [0.15, 0.2) is 71.1 Å². The van der Waals surface area contributed by atoms with E-state index in [0.717, 1.165) is 23.9 Å². The van der Waals surface area contributed by atoms with Crippen molar-refractivity contribution >= 4 is 34.5 Å². The summed E-state index contributed by atoms with van der Waals surface area (Å²) < 4.78 is 11.4. The molecule has 0 saturated carbocycles. The third-order valence-electron chi connectivity index (χ3n) is 6.33. The molecule has 0 radical (unpaired) electrons. The van der Waals surface area contributed by atoms with Crippen LogP contribution in [0.2, 0.25) is 0 Å². The van der Waals surface area contributed by atoms with Gasteiger partial charge in [0.15, 0.2) is 5.58 Å². The van der Waals surface area contributed by atoms with Gasteiger partial charge in [-0.25, -0.2) is 4.98 Å². The third kappa shape index (κ3) is 3.87. The van der Waals surface area contributed by atoms with Crippen LogP contribution in [0.25, 0.3) is 22.6 Å². The van der Waals surface area contributed by atoms with E-state index in [1.807, 2.05) is 36.4 Å². The van der Waals surface area contributed by atoms with Gasteiger partial charge in [0.05, 0.1) is 23.8 Å². The molecule has 1 N–H and O–H groups in total. The second-order valence-corrected chi connectivity index (χ2v) is 8.63. The number of rotatable bonds is 5. The zero-order chi connectivity index (χ0) is 23.9. The lowest BCUT2D eigenvalue weighted by molar-refractivity contribution is 0.0475. The number of para-hydroxylation sites is 2. The lowest BCUT2D eigenvalue weighted by Crippen LogP contribution is -2.36. The maximum Gasteiger partial charge on any atom is 0.261 e. The number of carbonyl (C=O) groups excluding carboxylic acids is 3. The molecule has 1 fully saturated rings. The van der Waals surface area contributed by atoms with Gasteiger partial charge in [0.25, 0.3) is 17.7 Å². The summed E-state index contributed by atoms with van der Waals surface area (Å²) in [5.74, 6) is -0.612. The normalized spacial score (nSPS) is 17.3. The summed E-state index contributed by atoms with van der Waals surface area (Å²) in [6.07, 6.45) is 1.62. The van der Waals surface area contributed by atoms with Gasteiger partial charge in [0, 0.05) is 23.4 Å². The molecule has 1 aromatic heterocycles. The minimum Gasteiger partial charge on any atom is -0.436 e. The largest absolute Gasteiger partial charge is 0.436 e. The molecule has 1 unspecified atom stereocenters. The number of benzene rings is 3. The molecule has 2 aliphatic heterocycles. The molecule has 8 nitrogen and oxygen atoms in total. The number of nitrogens with one attached hydrogen (secondary N) is 1. The number of fused-ring (bicyclic) bond motifs is 2. The van der Waals surface area contributed by atoms with Crippen LogP contribution in [0.1, 0.15) is 43.9 Å². The lowest BCUT2D eigenvalue weighted by atomic mass is 10.1. The predicted molar refractivity (Wildman–Crippen MR) is 128 cm³/mol. The molecule has 174 valence electrons. The number of oxazole rings is 1. The van der Waals surface area contributed by atoms with Crippen LogP contribution in [0, 0.1) is 0 Å². The molecule has 3 aromatic carbocycles. The number of aromatic nitrogens is 1. The summed E-state index contributed by atoms with van der Waals surface area (Å²) in [7, 11) is 0. The Morgan fingerprint density at radius 3 is 2.57 bits per heavy atom. The fraction of sp³-hybridized carbons (Fsp3) is 0.185. The fourth-order valence-electron chi connectivity index (χ4n) is 4.48. The first-order chi connectivity index (χ1) is 17.1. The quantitative estimate of drug-likeness (QED) is 0.433. The Morgan fingerprint density at radius 1 is 1.00 bits per heavy atom. The molecule has 0 bridgehead atoms. The van der Waals surface area contributed by atoms with Crippen molar-refractivity contribution in [3.8, 4) is 11.5 Å². The van der Waals surface area contributed by atoms with Crippen molar-refractivity contribution < 1.29 is 23.5 Å². The Balaban J connectivity index is 1.17. The van der Waals surface area contributed by atoms with Crippen molar-refractivity contribution in [2.45, 2.75) is 18.9 Å². The van der Waals surface area contributed by atoms with Gasteiger partial charge in [0.2, 0.25) is 5.89 Å². The van der Waals surface area contributed by atoms with E-state index in [4.69, 9.17) is 9.15 Å². The van der Waals surface area contributed by atoms with E-state index < -0.39 is 5.91 Å². The summed E-state index contributed by atoms with van der Waals surface area (Å²) in [5.41, 5.74) is 3.70. The Hall–Kier alpha value is -4.30. The Kier molecular flexibility index (Phi) is 5.15. The van der Waals surface area contributed by atoms with E-state index in [-0.39, 0.29) is 30.0 Å². The van der Waals surface area contributed by atoms with E-state index in [0.29, 0.717) is 34.9 Å². The Bertz CT molecular complexity index is 1430. The monoisotopic (exact) mass is 467 g/mol. The molecule has 8 heteroatoms. The van der Waals surface area contributed by atoms with Gasteiger partial charge < -0.3 is 14.5 Å². The van der Waals surface area contributed by atoms with Crippen molar-refractivity contribution in [2.24, 2.45) is 0 Å². The first kappa shape index (κ1) is 21.2. The molecular formula is C27H21N3O5. The van der Waals surface area contributed by atoms with Gasteiger partial charge in [-0.05, 0) is 67.4 Å². The average Bonchev–Trinajstić information content (AvgIpc) is 3.60. The number of nitrogens with zero attached hydrogens (tertiary/aromatic N) is 2. The van der Waals surface area contributed by atoms with Crippen LogP contribution in [-0.2, 0) is 4.74 Å². The lowest BCUT2D eigenvalue weighted by Gasteiger charge is -2.17. The zero-order valence-corrected chi connectivity index (χ0v) is 18.7. The zero-order valence-electron chi connectivity index (χ0n) is 18.7. The maximum absolute atomic E-state index is 12.9. The van der Waals surface area contributed by atoms with E-state index in [2.05, 4.69) is 10.3 Å². The highest BCUT2D eigenvalue weighted by atomic mass is 16.5. The highest BCUT2D eigenvalue weighted by Gasteiger charge is 2.38. The summed E-state index contributed by atoms with van der Waals surface area (Å²) in [6, 6.07) is 19.2. The number of hydrogen-bond donors (Lipinski definition) is 1. The van der Waals surface area contributed by atoms with Gasteiger partial charge in [-0.3, -0.25) is 19.3 Å². The number of amides is 3. The van der Waals surface area contributed by atoms with E-state index in [1.165, 1.54) is 17.0 Å². The van der Waals surface area contributed by atoms with Gasteiger partial charge in [-0.1, -0.05) is 12.1 Å². The summed E-state index contributed by atoms with van der Waals surface area (Å²) >= 11 is 0. The van der Waals surface area contributed by atoms with Crippen molar-refractivity contribution in [3.63, 3.8) is 0 Å².